The second-order valence-corrected chi connectivity index (χ2v) is 7.86. The minimum Gasteiger partial charge on any atom is -0.459 e. The van der Waals surface area contributed by atoms with Gasteiger partial charge in [0.1, 0.15) is 0 Å². The molecule has 1 saturated heterocycles. The second-order valence-electron chi connectivity index (χ2n) is 7.86. The Balaban J connectivity index is 1.67. The molecule has 0 radical (unpaired) electrons. The Labute approximate surface area is 183 Å². The van der Waals surface area contributed by atoms with E-state index in [0.717, 1.165) is 49.6 Å². The molecule has 4 rings (SSSR count). The van der Waals surface area contributed by atoms with Crippen LogP contribution in [0.3, 0.4) is 0 Å². The fourth-order valence-electron chi connectivity index (χ4n) is 4.24. The van der Waals surface area contributed by atoms with Crippen LogP contribution in [0, 0.1) is 0 Å². The number of hydroxylamine groups is 1. The average molecular weight is 426 g/mol. The summed E-state index contributed by atoms with van der Waals surface area (Å²) in [7, 11) is 0. The van der Waals surface area contributed by atoms with E-state index >= 15 is 0 Å². The zero-order chi connectivity index (χ0) is 21.6. The van der Waals surface area contributed by atoms with E-state index in [4.69, 9.17) is 14.0 Å². The molecule has 2 aromatic rings. The van der Waals surface area contributed by atoms with Crippen molar-refractivity contribution in [2.75, 3.05) is 32.8 Å². The molecule has 7 heteroatoms. The van der Waals surface area contributed by atoms with Crippen molar-refractivity contribution in [2.45, 2.75) is 38.8 Å². The van der Waals surface area contributed by atoms with Crippen molar-refractivity contribution in [1.82, 2.24) is 15.3 Å². The molecular formula is C24H31N3O4. The quantitative estimate of drug-likeness (QED) is 0.660. The number of carbonyl (C=O) groups excluding carboxylic acids is 1. The first-order valence-corrected chi connectivity index (χ1v) is 11.1. The molecule has 2 atom stereocenters. The summed E-state index contributed by atoms with van der Waals surface area (Å²) in [6.07, 6.45) is 3.56. The molecule has 0 spiro atoms. The van der Waals surface area contributed by atoms with Gasteiger partial charge in [0.25, 0.3) is 5.91 Å². The highest BCUT2D eigenvalue weighted by atomic mass is 16.7. The van der Waals surface area contributed by atoms with Crippen LogP contribution in [0.5, 0.6) is 0 Å². The van der Waals surface area contributed by atoms with Gasteiger partial charge in [-0.2, -0.15) is 0 Å². The molecule has 1 N–H and O–H groups in total. The van der Waals surface area contributed by atoms with E-state index in [-0.39, 0.29) is 18.1 Å². The number of amides is 1. The molecular weight excluding hydrogens is 394 g/mol. The minimum absolute atomic E-state index is 0.0434. The van der Waals surface area contributed by atoms with Crippen molar-refractivity contribution in [3.8, 4) is 0 Å². The predicted octanol–water partition coefficient (Wildman–Crippen LogP) is 3.73. The van der Waals surface area contributed by atoms with E-state index < -0.39 is 0 Å². The van der Waals surface area contributed by atoms with Gasteiger partial charge in [0, 0.05) is 38.4 Å². The fraction of sp³-hybridized carbons (Fsp3) is 0.458. The normalized spacial score (nSPS) is 20.7. The van der Waals surface area contributed by atoms with Crippen LogP contribution in [0.25, 0.3) is 0 Å². The number of furan rings is 1. The standard InChI is InChI=1S/C24H31N3O4/c1-3-26(4-2)24-20(22(25-31-24)18-10-6-5-7-11-18)17-27(16-19-12-8-14-29-19)23(28)21-13-9-15-30-21/h5-7,9-11,13,15,19,22,25H,3-4,8,12,14,16-17H2,1-2H3. The molecule has 0 saturated carbocycles. The summed E-state index contributed by atoms with van der Waals surface area (Å²) in [5.41, 5.74) is 5.32. The first-order valence-electron chi connectivity index (χ1n) is 11.1. The number of hydrogen-bond acceptors (Lipinski definition) is 6. The number of benzene rings is 1. The zero-order valence-electron chi connectivity index (χ0n) is 18.3. The van der Waals surface area contributed by atoms with Gasteiger partial charge in [0.05, 0.1) is 18.4 Å². The monoisotopic (exact) mass is 425 g/mol. The van der Waals surface area contributed by atoms with Gasteiger partial charge in [0.2, 0.25) is 5.88 Å². The number of rotatable bonds is 9. The first kappa shape index (κ1) is 21.5. The van der Waals surface area contributed by atoms with Gasteiger partial charge in [-0.05, 0) is 44.4 Å². The van der Waals surface area contributed by atoms with Gasteiger partial charge in [-0.1, -0.05) is 30.3 Å². The molecule has 31 heavy (non-hydrogen) atoms. The van der Waals surface area contributed by atoms with Crippen molar-refractivity contribution in [3.05, 3.63) is 71.5 Å². The van der Waals surface area contributed by atoms with Gasteiger partial charge in [0.15, 0.2) is 5.76 Å². The molecule has 2 unspecified atom stereocenters. The predicted molar refractivity (Wildman–Crippen MR) is 117 cm³/mol. The van der Waals surface area contributed by atoms with Gasteiger partial charge in [-0.3, -0.25) is 4.79 Å². The van der Waals surface area contributed by atoms with Crippen LogP contribution in [0.2, 0.25) is 0 Å². The molecule has 3 heterocycles. The number of ether oxygens (including phenoxy) is 1. The van der Waals surface area contributed by atoms with E-state index in [2.05, 4.69) is 36.4 Å². The van der Waals surface area contributed by atoms with Crippen LogP contribution in [-0.4, -0.2) is 54.6 Å². The van der Waals surface area contributed by atoms with Gasteiger partial charge >= 0.3 is 0 Å². The van der Waals surface area contributed by atoms with Crippen LogP contribution in [0.1, 0.15) is 48.8 Å². The Hall–Kier alpha value is -2.77. The van der Waals surface area contributed by atoms with Crippen molar-refractivity contribution in [3.63, 3.8) is 0 Å². The molecule has 166 valence electrons. The number of carbonyl (C=O) groups is 1. The molecule has 1 aromatic carbocycles. The maximum atomic E-state index is 13.3. The van der Waals surface area contributed by atoms with Crippen LogP contribution in [0.15, 0.2) is 64.6 Å². The van der Waals surface area contributed by atoms with E-state index in [0.29, 0.717) is 18.8 Å². The highest BCUT2D eigenvalue weighted by Crippen LogP contribution is 2.33. The van der Waals surface area contributed by atoms with E-state index in [1.54, 1.807) is 12.1 Å². The number of nitrogens with zero attached hydrogens (tertiary/aromatic N) is 2. The van der Waals surface area contributed by atoms with E-state index in [1.807, 2.05) is 23.1 Å². The lowest BCUT2D eigenvalue weighted by Crippen LogP contribution is -2.40. The second kappa shape index (κ2) is 10.0. The molecule has 1 amide bonds. The van der Waals surface area contributed by atoms with Crippen LogP contribution < -0.4 is 5.48 Å². The Kier molecular flexibility index (Phi) is 6.94. The lowest BCUT2D eigenvalue weighted by Gasteiger charge is -2.28. The highest BCUT2D eigenvalue weighted by molar-refractivity contribution is 5.91. The first-order chi connectivity index (χ1) is 15.2. The fourth-order valence-corrected chi connectivity index (χ4v) is 4.24. The van der Waals surface area contributed by atoms with Crippen LogP contribution in [-0.2, 0) is 9.57 Å². The Morgan fingerprint density at radius 2 is 1.94 bits per heavy atom. The summed E-state index contributed by atoms with van der Waals surface area (Å²) < 4.78 is 11.3. The maximum absolute atomic E-state index is 13.3. The molecule has 1 fully saturated rings. The largest absolute Gasteiger partial charge is 0.459 e. The van der Waals surface area contributed by atoms with Crippen molar-refractivity contribution < 1.29 is 18.8 Å². The van der Waals surface area contributed by atoms with Crippen molar-refractivity contribution >= 4 is 5.91 Å². The summed E-state index contributed by atoms with van der Waals surface area (Å²) in [6.45, 7) is 7.54. The summed E-state index contributed by atoms with van der Waals surface area (Å²) in [6, 6.07) is 13.5. The van der Waals surface area contributed by atoms with E-state index in [1.165, 1.54) is 6.26 Å². The summed E-state index contributed by atoms with van der Waals surface area (Å²) >= 11 is 0. The van der Waals surface area contributed by atoms with Crippen molar-refractivity contribution in [2.24, 2.45) is 0 Å². The minimum atomic E-state index is -0.134. The lowest BCUT2D eigenvalue weighted by molar-refractivity contribution is 0.0520. The molecule has 7 nitrogen and oxygen atoms in total. The topological polar surface area (TPSA) is 67.2 Å². The Morgan fingerprint density at radius 3 is 2.58 bits per heavy atom. The van der Waals surface area contributed by atoms with E-state index in [9.17, 15) is 4.79 Å². The zero-order valence-corrected chi connectivity index (χ0v) is 18.3. The molecule has 2 aliphatic rings. The smallest absolute Gasteiger partial charge is 0.289 e. The Morgan fingerprint density at radius 1 is 1.13 bits per heavy atom. The van der Waals surface area contributed by atoms with Gasteiger partial charge < -0.3 is 23.8 Å². The highest BCUT2D eigenvalue weighted by Gasteiger charge is 2.35. The molecule has 2 aliphatic heterocycles. The van der Waals surface area contributed by atoms with Gasteiger partial charge in [-0.15, -0.1) is 5.48 Å². The SMILES string of the molecule is CCN(CC)C1=C(CN(CC2CCCO2)C(=O)c2ccco2)C(c2ccccc2)NO1. The van der Waals surface area contributed by atoms with Crippen molar-refractivity contribution in [1.29, 1.82) is 0 Å². The third-order valence-corrected chi connectivity index (χ3v) is 5.91. The average Bonchev–Trinajstić information content (AvgIpc) is 3.57. The number of hydrogen-bond donors (Lipinski definition) is 1. The third-order valence-electron chi connectivity index (χ3n) is 5.91. The summed E-state index contributed by atoms with van der Waals surface area (Å²) in [5.74, 6) is 1.00. The molecule has 0 aliphatic carbocycles. The van der Waals surface area contributed by atoms with Gasteiger partial charge in [-0.25, -0.2) is 0 Å². The molecule has 0 bridgehead atoms. The number of nitrogens with one attached hydrogen (secondary N) is 1. The lowest BCUT2D eigenvalue weighted by atomic mass is 9.99. The Bertz CT molecular complexity index is 871. The van der Waals surface area contributed by atoms with Crippen LogP contribution in [0.4, 0.5) is 0 Å². The molecule has 1 aromatic heterocycles. The summed E-state index contributed by atoms with van der Waals surface area (Å²) in [4.78, 5) is 23.3. The maximum Gasteiger partial charge on any atom is 0.289 e. The van der Waals surface area contributed by atoms with Crippen LogP contribution >= 0.6 is 0 Å². The third kappa shape index (κ3) is 4.78. The summed E-state index contributed by atoms with van der Waals surface area (Å²) in [5, 5.41) is 0.